The lowest BCUT2D eigenvalue weighted by Crippen LogP contribution is -2.26. The van der Waals surface area contributed by atoms with Gasteiger partial charge in [0.25, 0.3) is 0 Å². The van der Waals surface area contributed by atoms with Crippen LogP contribution in [0.3, 0.4) is 0 Å². The Balaban J connectivity index is 2.23. The molecule has 1 aliphatic heterocycles. The van der Waals surface area contributed by atoms with Gasteiger partial charge in [0.15, 0.2) is 0 Å². The van der Waals surface area contributed by atoms with E-state index >= 15 is 0 Å². The van der Waals surface area contributed by atoms with Crippen LogP contribution in [0.15, 0.2) is 0 Å². The zero-order chi connectivity index (χ0) is 8.27. The number of nitrogens with zero attached hydrogens (tertiary/aromatic N) is 1. The first-order valence-corrected chi connectivity index (χ1v) is 5.35. The zero-order valence-electron chi connectivity index (χ0n) is 7.22. The van der Waals surface area contributed by atoms with Crippen molar-refractivity contribution < 1.29 is 4.74 Å². The van der Waals surface area contributed by atoms with E-state index in [1.165, 1.54) is 19.5 Å². The Morgan fingerprint density at radius 3 is 2.91 bits per heavy atom. The van der Waals surface area contributed by atoms with E-state index in [0.29, 0.717) is 4.05 Å². The van der Waals surface area contributed by atoms with Gasteiger partial charge in [-0.3, -0.25) is 4.90 Å². The highest BCUT2D eigenvalue weighted by atomic mass is 127. The smallest absolute Gasteiger partial charge is 0.0590 e. The maximum absolute atomic E-state index is 5.12. The molecule has 0 aromatic heterocycles. The molecule has 1 rings (SSSR count). The predicted molar refractivity (Wildman–Crippen MR) is 55.0 cm³/mol. The Morgan fingerprint density at radius 1 is 1.73 bits per heavy atom. The third-order valence-electron chi connectivity index (χ3n) is 2.22. The Bertz CT molecular complexity index is 119. The second-order valence-corrected chi connectivity index (χ2v) is 4.98. The Hall–Kier alpha value is 0.650. The second-order valence-electron chi connectivity index (χ2n) is 3.18. The molecule has 0 aromatic rings. The van der Waals surface area contributed by atoms with E-state index in [1.54, 1.807) is 7.11 Å². The maximum Gasteiger partial charge on any atom is 0.0590 e. The van der Waals surface area contributed by atoms with Gasteiger partial charge in [-0.25, -0.2) is 0 Å². The van der Waals surface area contributed by atoms with Gasteiger partial charge >= 0.3 is 0 Å². The van der Waals surface area contributed by atoms with E-state index in [-0.39, 0.29) is 0 Å². The molecule has 0 N–H and O–H groups in total. The average Bonchev–Trinajstić information content (AvgIpc) is 2.37. The molecule has 0 saturated carbocycles. The van der Waals surface area contributed by atoms with Crippen molar-refractivity contribution in [1.29, 1.82) is 0 Å². The van der Waals surface area contributed by atoms with Crippen LogP contribution in [0, 0.1) is 5.92 Å². The molecule has 1 saturated heterocycles. The standard InChI is InChI=1S/C8H16INO/c1-7(9)10-4-3-8(5-10)6-11-2/h7-8H,3-6H2,1-2H3. The van der Waals surface area contributed by atoms with Gasteiger partial charge < -0.3 is 4.74 Å². The number of rotatable bonds is 3. The minimum Gasteiger partial charge on any atom is -0.384 e. The lowest BCUT2D eigenvalue weighted by Gasteiger charge is -2.18. The minimum atomic E-state index is 0.675. The highest BCUT2D eigenvalue weighted by molar-refractivity contribution is 14.1. The molecule has 0 spiro atoms. The molecule has 2 unspecified atom stereocenters. The number of hydrogen-bond donors (Lipinski definition) is 0. The fourth-order valence-corrected chi connectivity index (χ4v) is 2.06. The molecule has 1 heterocycles. The summed E-state index contributed by atoms with van der Waals surface area (Å²) in [6, 6.07) is 0. The van der Waals surface area contributed by atoms with Crippen molar-refractivity contribution in [3.05, 3.63) is 0 Å². The number of hydrogen-bond acceptors (Lipinski definition) is 2. The molecule has 0 aliphatic carbocycles. The average molecular weight is 269 g/mol. The highest BCUT2D eigenvalue weighted by Crippen LogP contribution is 2.20. The van der Waals surface area contributed by atoms with Gasteiger partial charge in [0.2, 0.25) is 0 Å². The first-order chi connectivity index (χ1) is 5.24. The molecule has 2 nitrogen and oxygen atoms in total. The third-order valence-corrected chi connectivity index (χ3v) is 3.01. The van der Waals surface area contributed by atoms with Crippen molar-refractivity contribution in [2.24, 2.45) is 5.92 Å². The van der Waals surface area contributed by atoms with Crippen LogP contribution in [-0.2, 0) is 4.74 Å². The Labute approximate surface area is 82.4 Å². The van der Waals surface area contributed by atoms with E-state index in [9.17, 15) is 0 Å². The summed E-state index contributed by atoms with van der Waals surface area (Å²) in [5.74, 6) is 0.775. The molecule has 0 bridgehead atoms. The summed E-state index contributed by atoms with van der Waals surface area (Å²) in [6.07, 6.45) is 1.31. The summed E-state index contributed by atoms with van der Waals surface area (Å²) in [5, 5.41) is 0. The van der Waals surface area contributed by atoms with Crippen molar-refractivity contribution in [2.75, 3.05) is 26.8 Å². The molecule has 0 amide bonds. The molecule has 2 atom stereocenters. The molecular formula is C8H16INO. The van der Waals surface area contributed by atoms with Gasteiger partial charge in [-0.05, 0) is 25.8 Å². The third kappa shape index (κ3) is 2.87. The van der Waals surface area contributed by atoms with Gasteiger partial charge in [0.1, 0.15) is 0 Å². The summed E-state index contributed by atoms with van der Waals surface area (Å²) in [7, 11) is 1.79. The summed E-state index contributed by atoms with van der Waals surface area (Å²) >= 11 is 2.47. The van der Waals surface area contributed by atoms with E-state index < -0.39 is 0 Å². The lowest BCUT2D eigenvalue weighted by atomic mass is 10.1. The van der Waals surface area contributed by atoms with Gasteiger partial charge in [0, 0.05) is 13.7 Å². The number of methoxy groups -OCH3 is 1. The first kappa shape index (κ1) is 9.74. The SMILES string of the molecule is COCC1CCN(C(C)I)C1. The fraction of sp³-hybridized carbons (Fsp3) is 1.00. The number of alkyl halides is 1. The molecule has 1 fully saturated rings. The summed E-state index contributed by atoms with van der Waals surface area (Å²) in [4.78, 5) is 2.50. The van der Waals surface area contributed by atoms with E-state index in [2.05, 4.69) is 34.4 Å². The molecule has 0 radical (unpaired) electrons. The van der Waals surface area contributed by atoms with Crippen LogP contribution in [0.5, 0.6) is 0 Å². The molecule has 11 heavy (non-hydrogen) atoms. The van der Waals surface area contributed by atoms with Crippen molar-refractivity contribution in [3.63, 3.8) is 0 Å². The van der Waals surface area contributed by atoms with Crippen LogP contribution in [0.4, 0.5) is 0 Å². The Morgan fingerprint density at radius 2 is 2.45 bits per heavy atom. The number of halogens is 1. The van der Waals surface area contributed by atoms with Crippen molar-refractivity contribution in [3.8, 4) is 0 Å². The molecule has 66 valence electrons. The number of likely N-dealkylation sites (tertiary alicyclic amines) is 1. The fourth-order valence-electron chi connectivity index (χ4n) is 1.56. The summed E-state index contributed by atoms with van der Waals surface area (Å²) in [5.41, 5.74) is 0. The van der Waals surface area contributed by atoms with Crippen LogP contribution in [0.1, 0.15) is 13.3 Å². The molecule has 1 aliphatic rings. The van der Waals surface area contributed by atoms with E-state index in [4.69, 9.17) is 4.74 Å². The van der Waals surface area contributed by atoms with Crippen molar-refractivity contribution in [2.45, 2.75) is 17.4 Å². The number of ether oxygens (including phenoxy) is 1. The van der Waals surface area contributed by atoms with Crippen LogP contribution >= 0.6 is 22.6 Å². The van der Waals surface area contributed by atoms with E-state index in [0.717, 1.165) is 12.5 Å². The first-order valence-electron chi connectivity index (χ1n) is 4.11. The topological polar surface area (TPSA) is 12.5 Å². The van der Waals surface area contributed by atoms with Crippen LogP contribution in [0.25, 0.3) is 0 Å². The van der Waals surface area contributed by atoms with Crippen molar-refractivity contribution >= 4 is 22.6 Å². The minimum absolute atomic E-state index is 0.675. The summed E-state index contributed by atoms with van der Waals surface area (Å²) in [6.45, 7) is 5.64. The Kier molecular flexibility index (Phi) is 4.09. The predicted octanol–water partition coefficient (Wildman–Crippen LogP) is 1.74. The molecule has 3 heteroatoms. The summed E-state index contributed by atoms with van der Waals surface area (Å²) < 4.78 is 5.80. The lowest BCUT2D eigenvalue weighted by molar-refractivity contribution is 0.153. The molecular weight excluding hydrogens is 253 g/mol. The van der Waals surface area contributed by atoms with Gasteiger partial charge in [-0.2, -0.15) is 0 Å². The zero-order valence-corrected chi connectivity index (χ0v) is 9.37. The van der Waals surface area contributed by atoms with Crippen molar-refractivity contribution in [1.82, 2.24) is 4.90 Å². The van der Waals surface area contributed by atoms with Gasteiger partial charge in [0.05, 0.1) is 10.7 Å². The normalized spacial score (nSPS) is 29.2. The van der Waals surface area contributed by atoms with Gasteiger partial charge in [-0.15, -0.1) is 0 Å². The maximum atomic E-state index is 5.12. The van der Waals surface area contributed by atoms with E-state index in [1.807, 2.05) is 0 Å². The highest BCUT2D eigenvalue weighted by Gasteiger charge is 2.24. The van der Waals surface area contributed by atoms with Gasteiger partial charge in [-0.1, -0.05) is 22.6 Å². The van der Waals surface area contributed by atoms with Crippen LogP contribution in [0.2, 0.25) is 0 Å². The second kappa shape index (κ2) is 4.62. The van der Waals surface area contributed by atoms with Crippen LogP contribution < -0.4 is 0 Å². The monoisotopic (exact) mass is 269 g/mol. The quantitative estimate of drug-likeness (QED) is 0.439. The molecule has 0 aromatic carbocycles. The largest absolute Gasteiger partial charge is 0.384 e. The van der Waals surface area contributed by atoms with Crippen LogP contribution in [-0.4, -0.2) is 35.8 Å².